The monoisotopic (exact) mass is 302 g/mol. The largest absolute Gasteiger partial charge is 0.393 e. The van der Waals surface area contributed by atoms with E-state index in [0.29, 0.717) is 6.04 Å². The van der Waals surface area contributed by atoms with Crippen molar-refractivity contribution in [3.8, 4) is 10.6 Å². The number of thiazole rings is 1. The van der Waals surface area contributed by atoms with Gasteiger partial charge in [-0.25, -0.2) is 4.98 Å². The molecule has 0 radical (unpaired) electrons. The molecule has 1 aromatic carbocycles. The number of nitrogens with one attached hydrogen (secondary N) is 1. The minimum Gasteiger partial charge on any atom is -0.393 e. The van der Waals surface area contributed by atoms with Crippen LogP contribution in [0, 0.1) is 6.92 Å². The summed E-state index contributed by atoms with van der Waals surface area (Å²) in [6.45, 7) is 2.98. The molecule has 2 N–H and O–H groups in total. The Kier molecular flexibility index (Phi) is 4.68. The number of hydrogen-bond donors (Lipinski definition) is 2. The predicted molar refractivity (Wildman–Crippen MR) is 87.4 cm³/mol. The van der Waals surface area contributed by atoms with Crippen molar-refractivity contribution in [2.45, 2.75) is 51.3 Å². The van der Waals surface area contributed by atoms with Gasteiger partial charge in [-0.2, -0.15) is 0 Å². The van der Waals surface area contributed by atoms with E-state index in [9.17, 15) is 5.11 Å². The third kappa shape index (κ3) is 3.90. The van der Waals surface area contributed by atoms with Crippen molar-refractivity contribution in [3.63, 3.8) is 0 Å². The van der Waals surface area contributed by atoms with Gasteiger partial charge in [-0.05, 0) is 32.6 Å². The van der Waals surface area contributed by atoms with Crippen LogP contribution in [0.3, 0.4) is 0 Å². The Morgan fingerprint density at radius 3 is 2.62 bits per heavy atom. The van der Waals surface area contributed by atoms with Gasteiger partial charge in [0.2, 0.25) is 0 Å². The van der Waals surface area contributed by atoms with Crippen LogP contribution >= 0.6 is 11.3 Å². The maximum absolute atomic E-state index is 9.53. The van der Waals surface area contributed by atoms with E-state index in [-0.39, 0.29) is 6.10 Å². The quantitative estimate of drug-likeness (QED) is 0.908. The van der Waals surface area contributed by atoms with Crippen LogP contribution in [0.4, 0.5) is 0 Å². The fourth-order valence-corrected chi connectivity index (χ4v) is 3.61. The highest BCUT2D eigenvalue weighted by Crippen LogP contribution is 2.26. The van der Waals surface area contributed by atoms with Crippen molar-refractivity contribution in [1.82, 2.24) is 10.3 Å². The Morgan fingerprint density at radius 2 is 1.90 bits per heavy atom. The molecular weight excluding hydrogens is 280 g/mol. The minimum absolute atomic E-state index is 0.0837. The first-order valence-corrected chi connectivity index (χ1v) is 8.45. The Labute approximate surface area is 130 Å². The van der Waals surface area contributed by atoms with E-state index in [1.54, 1.807) is 11.3 Å². The summed E-state index contributed by atoms with van der Waals surface area (Å²) in [6.07, 6.45) is 5.89. The van der Waals surface area contributed by atoms with Crippen molar-refractivity contribution < 1.29 is 5.11 Å². The summed E-state index contributed by atoms with van der Waals surface area (Å²) in [5, 5.41) is 14.2. The molecule has 0 unspecified atom stereocenters. The molecule has 1 fully saturated rings. The maximum Gasteiger partial charge on any atom is 0.123 e. The zero-order chi connectivity index (χ0) is 14.7. The molecule has 2 aromatic rings. The first-order chi connectivity index (χ1) is 10.2. The summed E-state index contributed by atoms with van der Waals surface area (Å²) in [4.78, 5) is 5.81. The molecule has 0 bridgehead atoms. The average Bonchev–Trinajstić information content (AvgIpc) is 2.96. The van der Waals surface area contributed by atoms with Crippen molar-refractivity contribution >= 4 is 11.3 Å². The second-order valence-corrected chi connectivity index (χ2v) is 7.00. The third-order valence-corrected chi connectivity index (χ3v) is 5.16. The van der Waals surface area contributed by atoms with E-state index in [4.69, 9.17) is 0 Å². The Bertz CT molecular complexity index is 571. The molecule has 3 rings (SSSR count). The number of aliphatic hydroxyl groups is 1. The van der Waals surface area contributed by atoms with Crippen LogP contribution in [0.25, 0.3) is 10.6 Å². The van der Waals surface area contributed by atoms with Gasteiger partial charge < -0.3 is 10.4 Å². The van der Waals surface area contributed by atoms with Crippen molar-refractivity contribution in [1.29, 1.82) is 0 Å². The van der Waals surface area contributed by atoms with Gasteiger partial charge in [0.15, 0.2) is 0 Å². The molecule has 1 aliphatic carbocycles. The normalized spacial score (nSPS) is 22.4. The number of aliphatic hydroxyl groups excluding tert-OH is 1. The molecule has 0 spiro atoms. The third-order valence-electron chi connectivity index (χ3n) is 4.11. The summed E-state index contributed by atoms with van der Waals surface area (Å²) in [5.74, 6) is 0. The van der Waals surface area contributed by atoms with Crippen LogP contribution in [-0.2, 0) is 6.54 Å². The fourth-order valence-electron chi connectivity index (χ4n) is 2.74. The number of aryl methyl sites for hydroxylation is 1. The maximum atomic E-state index is 9.53. The molecule has 4 heteroatoms. The van der Waals surface area contributed by atoms with Gasteiger partial charge in [0.25, 0.3) is 0 Å². The van der Waals surface area contributed by atoms with Gasteiger partial charge in [-0.15, -0.1) is 11.3 Å². The minimum atomic E-state index is -0.0837. The topological polar surface area (TPSA) is 45.2 Å². The van der Waals surface area contributed by atoms with E-state index in [1.165, 1.54) is 16.0 Å². The van der Waals surface area contributed by atoms with Crippen molar-refractivity contribution in [2.75, 3.05) is 0 Å². The van der Waals surface area contributed by atoms with Gasteiger partial charge in [0, 0.05) is 29.2 Å². The molecule has 112 valence electrons. The highest BCUT2D eigenvalue weighted by molar-refractivity contribution is 7.15. The average molecular weight is 302 g/mol. The molecular formula is C17H22N2OS. The lowest BCUT2D eigenvalue weighted by Gasteiger charge is -2.26. The van der Waals surface area contributed by atoms with E-state index >= 15 is 0 Å². The summed E-state index contributed by atoms with van der Waals surface area (Å²) in [6, 6.07) is 9.06. The summed E-state index contributed by atoms with van der Waals surface area (Å²) >= 11 is 1.76. The second kappa shape index (κ2) is 6.69. The highest BCUT2D eigenvalue weighted by Gasteiger charge is 2.18. The van der Waals surface area contributed by atoms with Crippen LogP contribution in [0.5, 0.6) is 0 Å². The van der Waals surface area contributed by atoms with Crippen molar-refractivity contribution in [3.05, 3.63) is 40.9 Å². The second-order valence-electron chi connectivity index (χ2n) is 5.88. The molecule has 3 nitrogen and oxygen atoms in total. The lowest BCUT2D eigenvalue weighted by atomic mass is 9.93. The SMILES string of the molecule is Cc1ccc(-c2ncc(CNC3CCC(O)CC3)s2)cc1. The summed E-state index contributed by atoms with van der Waals surface area (Å²) in [5.41, 5.74) is 2.47. The lowest BCUT2D eigenvalue weighted by molar-refractivity contribution is 0.116. The zero-order valence-corrected chi connectivity index (χ0v) is 13.2. The first kappa shape index (κ1) is 14.7. The van der Waals surface area contributed by atoms with Crippen molar-refractivity contribution in [2.24, 2.45) is 0 Å². The number of benzene rings is 1. The Morgan fingerprint density at radius 1 is 1.19 bits per heavy atom. The zero-order valence-electron chi connectivity index (χ0n) is 12.4. The number of rotatable bonds is 4. The molecule has 0 aliphatic heterocycles. The molecule has 1 saturated carbocycles. The lowest BCUT2D eigenvalue weighted by Crippen LogP contribution is -2.33. The Hall–Kier alpha value is -1.23. The first-order valence-electron chi connectivity index (χ1n) is 7.64. The molecule has 21 heavy (non-hydrogen) atoms. The highest BCUT2D eigenvalue weighted by atomic mass is 32.1. The number of aromatic nitrogens is 1. The summed E-state index contributed by atoms with van der Waals surface area (Å²) in [7, 11) is 0. The van der Waals surface area contributed by atoms with Gasteiger partial charge in [0.1, 0.15) is 5.01 Å². The molecule has 1 aliphatic rings. The summed E-state index contributed by atoms with van der Waals surface area (Å²) < 4.78 is 0. The van der Waals surface area contributed by atoms with Gasteiger partial charge in [-0.3, -0.25) is 0 Å². The predicted octanol–water partition coefficient (Wildman–Crippen LogP) is 3.51. The molecule has 0 atom stereocenters. The van der Waals surface area contributed by atoms with E-state index in [2.05, 4.69) is 41.5 Å². The van der Waals surface area contributed by atoms with E-state index in [1.807, 2.05) is 6.20 Å². The van der Waals surface area contributed by atoms with Crippen LogP contribution in [0.2, 0.25) is 0 Å². The molecule has 0 saturated heterocycles. The number of nitrogens with zero attached hydrogens (tertiary/aromatic N) is 1. The van der Waals surface area contributed by atoms with Gasteiger partial charge in [-0.1, -0.05) is 29.8 Å². The fraction of sp³-hybridized carbons (Fsp3) is 0.471. The van der Waals surface area contributed by atoms with Crippen LogP contribution < -0.4 is 5.32 Å². The van der Waals surface area contributed by atoms with Crippen LogP contribution in [-0.4, -0.2) is 22.2 Å². The number of hydrogen-bond acceptors (Lipinski definition) is 4. The molecule has 1 heterocycles. The van der Waals surface area contributed by atoms with E-state index in [0.717, 1.165) is 37.2 Å². The van der Waals surface area contributed by atoms with Crippen LogP contribution in [0.15, 0.2) is 30.5 Å². The smallest absolute Gasteiger partial charge is 0.123 e. The molecule has 1 aromatic heterocycles. The van der Waals surface area contributed by atoms with Gasteiger partial charge >= 0.3 is 0 Å². The van der Waals surface area contributed by atoms with E-state index < -0.39 is 0 Å². The standard InChI is InChI=1S/C17H22N2OS/c1-12-2-4-13(5-3-12)17-19-11-16(21-17)10-18-14-6-8-15(20)9-7-14/h2-5,11,14-15,18,20H,6-10H2,1H3. The van der Waals surface area contributed by atoms with Gasteiger partial charge in [0.05, 0.1) is 6.10 Å². The Balaban J connectivity index is 1.56. The van der Waals surface area contributed by atoms with Crippen LogP contribution in [0.1, 0.15) is 36.1 Å². The molecule has 0 amide bonds.